The minimum atomic E-state index is -0.110. The van der Waals surface area contributed by atoms with E-state index < -0.39 is 0 Å². The predicted octanol–water partition coefficient (Wildman–Crippen LogP) is 3.58. The van der Waals surface area contributed by atoms with E-state index in [4.69, 9.17) is 4.42 Å². The van der Waals surface area contributed by atoms with Gasteiger partial charge in [0.25, 0.3) is 0 Å². The van der Waals surface area contributed by atoms with E-state index in [0.29, 0.717) is 18.8 Å². The van der Waals surface area contributed by atoms with Gasteiger partial charge in [0.2, 0.25) is 11.8 Å². The molecule has 3 rings (SSSR count). The molecule has 1 aliphatic rings. The third kappa shape index (κ3) is 5.38. The molecule has 1 aromatic heterocycles. The lowest BCUT2D eigenvalue weighted by Gasteiger charge is -2.32. The number of amides is 2. The number of piperidine rings is 1. The van der Waals surface area contributed by atoms with E-state index in [1.165, 1.54) is 25.5 Å². The molecule has 0 aliphatic carbocycles. The van der Waals surface area contributed by atoms with E-state index in [1.54, 1.807) is 17.2 Å². The van der Waals surface area contributed by atoms with Crippen LogP contribution in [0.2, 0.25) is 0 Å². The Bertz CT molecular complexity index is 763. The Kier molecular flexibility index (Phi) is 6.74. The first-order chi connectivity index (χ1) is 13.5. The lowest BCUT2D eigenvalue weighted by Crippen LogP contribution is -2.34. The minimum absolute atomic E-state index is 0.0709. The van der Waals surface area contributed by atoms with E-state index in [9.17, 15) is 9.59 Å². The molecule has 1 aliphatic heterocycles. The molecule has 28 heavy (non-hydrogen) atoms. The Morgan fingerprint density at radius 3 is 2.50 bits per heavy atom. The maximum absolute atomic E-state index is 12.1. The summed E-state index contributed by atoms with van der Waals surface area (Å²) in [7, 11) is 0. The number of anilines is 2. The standard InChI is InChI=1S/C22H29N3O3/c1-17-9-12-24(13-10-17)19-5-7-20(8-6-19)25(18(2)26)14-11-22(27)23-16-21-4-3-15-28-21/h3-8,15,17H,9-14,16H2,1-2H3,(H,23,27). The molecule has 0 radical (unpaired) electrons. The molecule has 1 fully saturated rings. The van der Waals surface area contributed by atoms with Crippen molar-refractivity contribution in [1.82, 2.24) is 5.32 Å². The van der Waals surface area contributed by atoms with Crippen molar-refractivity contribution in [3.8, 4) is 0 Å². The summed E-state index contributed by atoms with van der Waals surface area (Å²) >= 11 is 0. The van der Waals surface area contributed by atoms with E-state index >= 15 is 0 Å². The molecule has 0 atom stereocenters. The molecule has 6 heteroatoms. The predicted molar refractivity (Wildman–Crippen MR) is 110 cm³/mol. The quantitative estimate of drug-likeness (QED) is 0.794. The average Bonchev–Trinajstić information content (AvgIpc) is 3.21. The van der Waals surface area contributed by atoms with Crippen molar-refractivity contribution in [2.24, 2.45) is 5.92 Å². The largest absolute Gasteiger partial charge is 0.467 e. The monoisotopic (exact) mass is 383 g/mol. The molecule has 150 valence electrons. The van der Waals surface area contributed by atoms with Gasteiger partial charge in [0.05, 0.1) is 12.8 Å². The Hall–Kier alpha value is -2.76. The highest BCUT2D eigenvalue weighted by Gasteiger charge is 2.17. The van der Waals surface area contributed by atoms with Gasteiger partial charge in [-0.3, -0.25) is 9.59 Å². The van der Waals surface area contributed by atoms with Crippen LogP contribution < -0.4 is 15.1 Å². The molecular formula is C22H29N3O3. The second kappa shape index (κ2) is 9.44. The number of furan rings is 1. The number of carbonyl (C=O) groups is 2. The molecule has 2 aromatic rings. The number of rotatable bonds is 7. The van der Waals surface area contributed by atoms with Crippen LogP contribution in [0.15, 0.2) is 47.1 Å². The fraction of sp³-hybridized carbons (Fsp3) is 0.455. The van der Waals surface area contributed by atoms with Gasteiger partial charge in [-0.15, -0.1) is 0 Å². The van der Waals surface area contributed by atoms with Crippen molar-refractivity contribution < 1.29 is 14.0 Å². The molecule has 0 spiro atoms. The Morgan fingerprint density at radius 1 is 1.18 bits per heavy atom. The smallest absolute Gasteiger partial charge is 0.223 e. The van der Waals surface area contributed by atoms with Crippen LogP contribution >= 0.6 is 0 Å². The van der Waals surface area contributed by atoms with Crippen molar-refractivity contribution >= 4 is 23.2 Å². The van der Waals surface area contributed by atoms with Crippen LogP contribution in [0.3, 0.4) is 0 Å². The number of nitrogens with one attached hydrogen (secondary N) is 1. The van der Waals surface area contributed by atoms with Gasteiger partial charge in [-0.05, 0) is 55.2 Å². The lowest BCUT2D eigenvalue weighted by molar-refractivity contribution is -0.121. The zero-order valence-corrected chi connectivity index (χ0v) is 16.7. The molecular weight excluding hydrogens is 354 g/mol. The van der Waals surface area contributed by atoms with E-state index in [2.05, 4.69) is 29.3 Å². The van der Waals surface area contributed by atoms with Crippen LogP contribution in [0.25, 0.3) is 0 Å². The van der Waals surface area contributed by atoms with Gasteiger partial charge in [-0.25, -0.2) is 0 Å². The van der Waals surface area contributed by atoms with Crippen LogP contribution in [-0.2, 0) is 16.1 Å². The Morgan fingerprint density at radius 2 is 1.89 bits per heavy atom. The maximum atomic E-state index is 12.1. The third-order valence-electron chi connectivity index (χ3n) is 5.29. The Labute approximate surface area is 166 Å². The summed E-state index contributed by atoms with van der Waals surface area (Å²) in [6, 6.07) is 11.7. The number of hydrogen-bond acceptors (Lipinski definition) is 4. The van der Waals surface area contributed by atoms with E-state index in [-0.39, 0.29) is 18.2 Å². The van der Waals surface area contributed by atoms with Crippen LogP contribution in [0, 0.1) is 5.92 Å². The third-order valence-corrected chi connectivity index (χ3v) is 5.29. The highest BCUT2D eigenvalue weighted by molar-refractivity contribution is 5.92. The molecule has 2 heterocycles. The summed E-state index contributed by atoms with van der Waals surface area (Å²) in [4.78, 5) is 28.2. The summed E-state index contributed by atoms with van der Waals surface area (Å²) in [5.41, 5.74) is 2.01. The Balaban J connectivity index is 1.54. The van der Waals surface area contributed by atoms with Crippen LogP contribution in [0.1, 0.15) is 38.9 Å². The summed E-state index contributed by atoms with van der Waals surface area (Å²) in [5.74, 6) is 1.32. The molecule has 6 nitrogen and oxygen atoms in total. The molecule has 0 saturated carbocycles. The molecule has 0 bridgehead atoms. The minimum Gasteiger partial charge on any atom is -0.467 e. The van der Waals surface area contributed by atoms with Crippen LogP contribution in [-0.4, -0.2) is 31.4 Å². The SMILES string of the molecule is CC(=O)N(CCC(=O)NCc1ccco1)c1ccc(N2CCC(C)CC2)cc1. The van der Waals surface area contributed by atoms with Crippen LogP contribution in [0.5, 0.6) is 0 Å². The van der Waals surface area contributed by atoms with Gasteiger partial charge >= 0.3 is 0 Å². The van der Waals surface area contributed by atoms with Crippen molar-refractivity contribution in [2.45, 2.75) is 39.7 Å². The summed E-state index contributed by atoms with van der Waals surface area (Å²) in [5, 5.41) is 2.81. The van der Waals surface area contributed by atoms with Crippen molar-refractivity contribution in [1.29, 1.82) is 0 Å². The fourth-order valence-corrected chi connectivity index (χ4v) is 3.48. The normalized spacial score (nSPS) is 14.7. The molecule has 2 amide bonds. The first kappa shape index (κ1) is 20.0. The van der Waals surface area contributed by atoms with Gasteiger partial charge in [-0.2, -0.15) is 0 Å². The highest BCUT2D eigenvalue weighted by Crippen LogP contribution is 2.25. The van der Waals surface area contributed by atoms with Crippen molar-refractivity contribution in [3.05, 3.63) is 48.4 Å². The highest BCUT2D eigenvalue weighted by atomic mass is 16.3. The summed E-state index contributed by atoms with van der Waals surface area (Å²) in [6.45, 7) is 6.69. The zero-order chi connectivity index (χ0) is 19.9. The fourth-order valence-electron chi connectivity index (χ4n) is 3.48. The maximum Gasteiger partial charge on any atom is 0.223 e. The van der Waals surface area contributed by atoms with Crippen molar-refractivity contribution in [3.63, 3.8) is 0 Å². The van der Waals surface area contributed by atoms with Gasteiger partial charge in [0.15, 0.2) is 0 Å². The van der Waals surface area contributed by atoms with E-state index in [0.717, 1.165) is 24.7 Å². The first-order valence-electron chi connectivity index (χ1n) is 9.95. The molecule has 1 saturated heterocycles. The number of nitrogens with zero attached hydrogens (tertiary/aromatic N) is 2. The topological polar surface area (TPSA) is 65.8 Å². The van der Waals surface area contributed by atoms with Crippen molar-refractivity contribution in [2.75, 3.05) is 29.4 Å². The second-order valence-electron chi connectivity index (χ2n) is 7.46. The number of benzene rings is 1. The van der Waals surface area contributed by atoms with Gasteiger partial charge in [0.1, 0.15) is 5.76 Å². The molecule has 1 aromatic carbocycles. The molecule has 1 N–H and O–H groups in total. The summed E-state index contributed by atoms with van der Waals surface area (Å²) < 4.78 is 5.20. The lowest BCUT2D eigenvalue weighted by atomic mass is 9.99. The number of hydrogen-bond donors (Lipinski definition) is 1. The number of carbonyl (C=O) groups excluding carboxylic acids is 2. The van der Waals surface area contributed by atoms with Gasteiger partial charge in [0, 0.05) is 44.4 Å². The zero-order valence-electron chi connectivity index (χ0n) is 16.7. The van der Waals surface area contributed by atoms with Gasteiger partial charge < -0.3 is 19.5 Å². The summed E-state index contributed by atoms with van der Waals surface area (Å²) in [6.07, 6.45) is 4.25. The molecule has 0 unspecified atom stereocenters. The van der Waals surface area contributed by atoms with Crippen LogP contribution in [0.4, 0.5) is 11.4 Å². The van der Waals surface area contributed by atoms with Gasteiger partial charge in [-0.1, -0.05) is 6.92 Å². The van der Waals surface area contributed by atoms with E-state index in [1.807, 2.05) is 18.2 Å². The first-order valence-corrected chi connectivity index (χ1v) is 9.95. The second-order valence-corrected chi connectivity index (χ2v) is 7.46. The average molecular weight is 383 g/mol.